The third-order valence-electron chi connectivity index (χ3n) is 4.25. The van der Waals surface area contributed by atoms with Crippen molar-refractivity contribution in [3.05, 3.63) is 90.3 Å². The van der Waals surface area contributed by atoms with E-state index < -0.39 is 5.85 Å². The number of rotatable bonds is 6. The van der Waals surface area contributed by atoms with E-state index in [0.717, 1.165) is 16.7 Å². The summed E-state index contributed by atoms with van der Waals surface area (Å²) in [4.78, 5) is 0. The molecule has 0 bridgehead atoms. The van der Waals surface area contributed by atoms with E-state index in [-0.39, 0.29) is 5.75 Å². The summed E-state index contributed by atoms with van der Waals surface area (Å²) < 4.78 is 32.3. The first kappa shape index (κ1) is 20.0. The van der Waals surface area contributed by atoms with Crippen LogP contribution in [0.2, 0.25) is 0 Å². The molecule has 1 heterocycles. The smallest absolute Gasteiger partial charge is 0.408 e. The van der Waals surface area contributed by atoms with E-state index in [9.17, 15) is 8.78 Å². The predicted octanol–water partition coefficient (Wildman–Crippen LogP) is 6.10. The fraction of sp³-hybridized carbons (Fsp3) is 0.136. The first-order valence-corrected chi connectivity index (χ1v) is 9.25. The summed E-state index contributed by atoms with van der Waals surface area (Å²) >= 11 is 0. The van der Waals surface area contributed by atoms with Gasteiger partial charge in [0.05, 0.1) is 11.9 Å². The van der Waals surface area contributed by atoms with Crippen molar-refractivity contribution in [1.82, 2.24) is 9.78 Å². The van der Waals surface area contributed by atoms with Gasteiger partial charge in [-0.15, -0.1) is 0 Å². The Bertz CT molecular complexity index is 1030. The summed E-state index contributed by atoms with van der Waals surface area (Å²) in [6.45, 7) is 8.25. The number of halogens is 2. The van der Waals surface area contributed by atoms with Gasteiger partial charge in [-0.1, -0.05) is 43.0 Å². The van der Waals surface area contributed by atoms with Crippen LogP contribution in [-0.4, -0.2) is 15.6 Å². The number of benzene rings is 2. The molecule has 3 rings (SSSR count). The second-order valence-corrected chi connectivity index (χ2v) is 7.17. The average Bonchev–Trinajstić information content (AvgIpc) is 3.11. The Kier molecular flexibility index (Phi) is 5.76. The topological polar surface area (TPSA) is 27.1 Å². The number of aryl methyl sites for hydroxylation is 1. The molecule has 0 radical (unpaired) electrons. The van der Waals surface area contributed by atoms with Crippen LogP contribution in [0.1, 0.15) is 23.6 Å². The fourth-order valence-electron chi connectivity index (χ4n) is 2.91. The SMILES string of the molecule is C=C(/C=C(/C)c1ccccc1C)c1cnn(-c2cccc(OC(F)(F)P)c2)c1. The summed E-state index contributed by atoms with van der Waals surface area (Å²) in [5.41, 5.74) is 5.74. The van der Waals surface area contributed by atoms with Gasteiger partial charge in [0.25, 0.3) is 0 Å². The molecular formula is C22H21F2N2OP. The van der Waals surface area contributed by atoms with E-state index in [2.05, 4.69) is 35.5 Å². The molecule has 28 heavy (non-hydrogen) atoms. The summed E-state index contributed by atoms with van der Waals surface area (Å²) in [5, 5.41) is 4.32. The third kappa shape index (κ3) is 4.93. The third-order valence-corrected chi connectivity index (χ3v) is 4.37. The molecule has 0 aliphatic heterocycles. The Labute approximate surface area is 165 Å². The lowest BCUT2D eigenvalue weighted by molar-refractivity contribution is -0.0892. The predicted molar refractivity (Wildman–Crippen MR) is 113 cm³/mol. The molecule has 0 amide bonds. The molecule has 2 aromatic carbocycles. The lowest BCUT2D eigenvalue weighted by atomic mass is 9.99. The number of nitrogens with zero attached hydrogens (tertiary/aromatic N) is 2. The molecule has 1 unspecified atom stereocenters. The minimum Gasteiger partial charge on any atom is -0.430 e. The molecule has 1 atom stereocenters. The molecule has 0 aliphatic carbocycles. The van der Waals surface area contributed by atoms with Gasteiger partial charge >= 0.3 is 5.85 Å². The van der Waals surface area contributed by atoms with Crippen LogP contribution in [0.5, 0.6) is 5.75 Å². The highest BCUT2D eigenvalue weighted by atomic mass is 31.0. The second-order valence-electron chi connectivity index (χ2n) is 6.50. The van der Waals surface area contributed by atoms with Crippen LogP contribution in [0.25, 0.3) is 16.8 Å². The molecular weight excluding hydrogens is 377 g/mol. The van der Waals surface area contributed by atoms with E-state index in [4.69, 9.17) is 0 Å². The Morgan fingerprint density at radius 1 is 1.21 bits per heavy atom. The molecule has 0 spiro atoms. The Hall–Kier alpha value is -2.78. The Morgan fingerprint density at radius 2 is 1.96 bits per heavy atom. The fourth-order valence-corrected chi connectivity index (χ4v) is 3.05. The number of hydrogen-bond acceptors (Lipinski definition) is 2. The highest BCUT2D eigenvalue weighted by molar-refractivity contribution is 7.17. The number of aromatic nitrogens is 2. The van der Waals surface area contributed by atoms with Crippen LogP contribution < -0.4 is 4.74 Å². The summed E-state index contributed by atoms with van der Waals surface area (Å²) in [6.07, 6.45) is 5.52. The molecule has 0 fully saturated rings. The lowest BCUT2D eigenvalue weighted by Gasteiger charge is -2.13. The van der Waals surface area contributed by atoms with Gasteiger partial charge in [-0.3, -0.25) is 0 Å². The van der Waals surface area contributed by atoms with Gasteiger partial charge in [-0.2, -0.15) is 13.9 Å². The monoisotopic (exact) mass is 398 g/mol. The molecule has 0 saturated heterocycles. The molecule has 0 saturated carbocycles. The van der Waals surface area contributed by atoms with Gasteiger partial charge in [0, 0.05) is 17.8 Å². The van der Waals surface area contributed by atoms with Crippen molar-refractivity contribution in [2.75, 3.05) is 0 Å². The van der Waals surface area contributed by atoms with Crippen LogP contribution in [0, 0.1) is 6.92 Å². The van der Waals surface area contributed by atoms with Crippen molar-refractivity contribution in [3.63, 3.8) is 0 Å². The molecule has 144 valence electrons. The zero-order valence-electron chi connectivity index (χ0n) is 15.7. The average molecular weight is 398 g/mol. The largest absolute Gasteiger partial charge is 0.430 e. The van der Waals surface area contributed by atoms with Crippen molar-refractivity contribution >= 4 is 20.4 Å². The number of hydrogen-bond donors (Lipinski definition) is 0. The zero-order valence-corrected chi connectivity index (χ0v) is 16.8. The maximum Gasteiger partial charge on any atom is 0.408 e. The standard InChI is InChI=1S/C22H21F2N2OP/c1-15-7-4-5-10-21(15)17(3)11-16(2)18-13-25-26(14-18)19-8-6-9-20(12-19)27-22(23,24)28/h4-14H,2,28H2,1,3H3/b17-11-. The molecule has 3 nitrogen and oxygen atoms in total. The zero-order chi connectivity index (χ0) is 20.3. The maximum absolute atomic E-state index is 13.0. The van der Waals surface area contributed by atoms with Crippen molar-refractivity contribution in [1.29, 1.82) is 0 Å². The molecule has 6 heteroatoms. The molecule has 1 aromatic heterocycles. The van der Waals surface area contributed by atoms with Crippen LogP contribution in [-0.2, 0) is 0 Å². The first-order chi connectivity index (χ1) is 13.2. The van der Waals surface area contributed by atoms with Crippen LogP contribution in [0.3, 0.4) is 0 Å². The normalized spacial score (nSPS) is 12.1. The van der Waals surface area contributed by atoms with Crippen molar-refractivity contribution in [2.45, 2.75) is 19.7 Å². The summed E-state index contributed by atoms with van der Waals surface area (Å²) in [5.74, 6) is -3.26. The van der Waals surface area contributed by atoms with Crippen LogP contribution >= 0.6 is 9.24 Å². The van der Waals surface area contributed by atoms with E-state index in [1.165, 1.54) is 32.5 Å². The van der Waals surface area contributed by atoms with Crippen LogP contribution in [0.15, 0.2) is 73.6 Å². The minimum atomic E-state index is -3.32. The minimum absolute atomic E-state index is 0.0590. The second kappa shape index (κ2) is 8.07. The summed E-state index contributed by atoms with van der Waals surface area (Å²) in [7, 11) is 1.36. The van der Waals surface area contributed by atoms with Crippen molar-refractivity contribution in [3.8, 4) is 11.4 Å². The maximum atomic E-state index is 13.0. The van der Waals surface area contributed by atoms with Gasteiger partial charge < -0.3 is 4.74 Å². The molecule has 0 N–H and O–H groups in total. The van der Waals surface area contributed by atoms with E-state index in [1.54, 1.807) is 23.0 Å². The van der Waals surface area contributed by atoms with Crippen LogP contribution in [0.4, 0.5) is 8.78 Å². The van der Waals surface area contributed by atoms with Gasteiger partial charge in [-0.05, 0) is 57.5 Å². The quantitative estimate of drug-likeness (QED) is 0.370. The molecule has 3 aromatic rings. The lowest BCUT2D eigenvalue weighted by Crippen LogP contribution is -2.14. The molecule has 0 aliphatic rings. The van der Waals surface area contributed by atoms with Gasteiger partial charge in [0.2, 0.25) is 0 Å². The summed E-state index contributed by atoms with van der Waals surface area (Å²) in [6, 6.07) is 14.5. The van der Waals surface area contributed by atoms with E-state index in [0.29, 0.717) is 5.69 Å². The highest BCUT2D eigenvalue weighted by Gasteiger charge is 2.23. The Balaban J connectivity index is 1.82. The van der Waals surface area contributed by atoms with Gasteiger partial charge in [0.15, 0.2) is 0 Å². The number of alkyl halides is 2. The number of ether oxygens (including phenoxy) is 1. The van der Waals surface area contributed by atoms with E-state index >= 15 is 0 Å². The highest BCUT2D eigenvalue weighted by Crippen LogP contribution is 2.29. The number of allylic oxidation sites excluding steroid dienone is 3. The van der Waals surface area contributed by atoms with Gasteiger partial charge in [0.1, 0.15) is 5.75 Å². The van der Waals surface area contributed by atoms with E-state index in [1.807, 2.05) is 31.3 Å². The van der Waals surface area contributed by atoms with Gasteiger partial charge in [-0.25, -0.2) is 4.68 Å². The van der Waals surface area contributed by atoms with Crippen molar-refractivity contribution in [2.24, 2.45) is 0 Å². The first-order valence-electron chi connectivity index (χ1n) is 8.67. The van der Waals surface area contributed by atoms with Crippen molar-refractivity contribution < 1.29 is 13.5 Å². The Morgan fingerprint density at radius 3 is 2.68 bits per heavy atom.